The van der Waals surface area contributed by atoms with Crippen molar-refractivity contribution < 1.29 is 13.6 Å². The number of hydrogen-bond acceptors (Lipinski definition) is 5. The van der Waals surface area contributed by atoms with Crippen LogP contribution in [-0.2, 0) is 11.2 Å². The molecule has 134 valence electrons. The summed E-state index contributed by atoms with van der Waals surface area (Å²) >= 11 is 1.56. The molecule has 0 N–H and O–H groups in total. The summed E-state index contributed by atoms with van der Waals surface area (Å²) in [7, 11) is 0. The van der Waals surface area contributed by atoms with Crippen LogP contribution in [0.25, 0.3) is 10.8 Å². The Morgan fingerprint density at radius 3 is 2.88 bits per heavy atom. The Kier molecular flexibility index (Phi) is 4.79. The second kappa shape index (κ2) is 7.37. The number of nitrogens with zero attached hydrogens (tertiary/aromatic N) is 3. The number of benzene rings is 1. The molecule has 3 heterocycles. The Morgan fingerprint density at radius 1 is 1.27 bits per heavy atom. The molecular weight excluding hydrogens is 353 g/mol. The van der Waals surface area contributed by atoms with Crippen LogP contribution in [0.4, 0.5) is 4.39 Å². The first-order valence-corrected chi connectivity index (χ1v) is 9.46. The zero-order valence-corrected chi connectivity index (χ0v) is 14.9. The van der Waals surface area contributed by atoms with Gasteiger partial charge in [0.25, 0.3) is 5.89 Å². The molecule has 1 fully saturated rings. The molecule has 2 aromatic heterocycles. The number of piperidine rings is 1. The lowest BCUT2D eigenvalue weighted by Crippen LogP contribution is -2.40. The van der Waals surface area contributed by atoms with E-state index in [0.29, 0.717) is 18.3 Å². The molecule has 26 heavy (non-hydrogen) atoms. The second-order valence-electron chi connectivity index (χ2n) is 6.40. The predicted octanol–water partition coefficient (Wildman–Crippen LogP) is 3.89. The quantitative estimate of drug-likeness (QED) is 0.698. The fraction of sp³-hybridized carbons (Fsp3) is 0.316. The van der Waals surface area contributed by atoms with Gasteiger partial charge in [-0.25, -0.2) is 4.39 Å². The van der Waals surface area contributed by atoms with Crippen molar-refractivity contribution in [1.29, 1.82) is 0 Å². The summed E-state index contributed by atoms with van der Waals surface area (Å²) in [5.74, 6) is 0.927. The van der Waals surface area contributed by atoms with Gasteiger partial charge in [-0.1, -0.05) is 18.2 Å². The number of hydrogen-bond donors (Lipinski definition) is 0. The van der Waals surface area contributed by atoms with Crippen molar-refractivity contribution in [3.63, 3.8) is 0 Å². The minimum Gasteiger partial charge on any atom is -0.420 e. The van der Waals surface area contributed by atoms with Crippen LogP contribution >= 0.6 is 11.3 Å². The van der Waals surface area contributed by atoms with Crippen LogP contribution in [0.15, 0.2) is 46.2 Å². The highest BCUT2D eigenvalue weighted by Crippen LogP contribution is 2.30. The van der Waals surface area contributed by atoms with Crippen LogP contribution < -0.4 is 0 Å². The SMILES string of the molecule is O=C(Cc1ccc(F)cc1)N1CCC[C@H](c2nnc(-c3cccs3)o2)C1. The number of carbonyl (C=O) groups is 1. The van der Waals surface area contributed by atoms with Gasteiger partial charge < -0.3 is 9.32 Å². The Labute approximate surface area is 154 Å². The van der Waals surface area contributed by atoms with Gasteiger partial charge in [-0.15, -0.1) is 21.5 Å². The van der Waals surface area contributed by atoms with Gasteiger partial charge in [0.2, 0.25) is 11.8 Å². The Morgan fingerprint density at radius 2 is 2.12 bits per heavy atom. The van der Waals surface area contributed by atoms with Crippen LogP contribution in [-0.4, -0.2) is 34.1 Å². The topological polar surface area (TPSA) is 59.2 Å². The molecule has 1 aliphatic heterocycles. The molecule has 0 aliphatic carbocycles. The maximum Gasteiger partial charge on any atom is 0.257 e. The van der Waals surface area contributed by atoms with Crippen molar-refractivity contribution >= 4 is 17.2 Å². The lowest BCUT2D eigenvalue weighted by atomic mass is 9.97. The van der Waals surface area contributed by atoms with E-state index in [0.717, 1.165) is 29.8 Å². The minimum atomic E-state index is -0.294. The monoisotopic (exact) mass is 371 g/mol. The van der Waals surface area contributed by atoms with Gasteiger partial charge in [0.05, 0.1) is 17.2 Å². The summed E-state index contributed by atoms with van der Waals surface area (Å²) < 4.78 is 18.8. The average molecular weight is 371 g/mol. The van der Waals surface area contributed by atoms with Gasteiger partial charge in [-0.2, -0.15) is 0 Å². The molecule has 1 aromatic carbocycles. The van der Waals surface area contributed by atoms with Crippen molar-refractivity contribution in [1.82, 2.24) is 15.1 Å². The van der Waals surface area contributed by atoms with E-state index in [4.69, 9.17) is 4.42 Å². The average Bonchev–Trinajstić information content (AvgIpc) is 3.35. The molecule has 5 nitrogen and oxygen atoms in total. The number of aromatic nitrogens is 2. The summed E-state index contributed by atoms with van der Waals surface area (Å²) in [5.41, 5.74) is 0.816. The fourth-order valence-electron chi connectivity index (χ4n) is 3.19. The van der Waals surface area contributed by atoms with E-state index in [1.165, 1.54) is 12.1 Å². The second-order valence-corrected chi connectivity index (χ2v) is 7.35. The third kappa shape index (κ3) is 3.67. The van der Waals surface area contributed by atoms with Gasteiger partial charge in [-0.3, -0.25) is 4.79 Å². The number of rotatable bonds is 4. The highest BCUT2D eigenvalue weighted by molar-refractivity contribution is 7.13. The zero-order valence-electron chi connectivity index (χ0n) is 14.1. The molecule has 0 spiro atoms. The first-order valence-electron chi connectivity index (χ1n) is 8.58. The number of carbonyl (C=O) groups excluding carboxylic acids is 1. The van der Waals surface area contributed by atoms with Crippen LogP contribution in [0.1, 0.15) is 30.2 Å². The smallest absolute Gasteiger partial charge is 0.257 e. The highest BCUT2D eigenvalue weighted by atomic mass is 32.1. The third-order valence-electron chi connectivity index (χ3n) is 4.56. The molecule has 4 rings (SSSR count). The zero-order chi connectivity index (χ0) is 17.9. The normalized spacial score (nSPS) is 17.4. The van der Waals surface area contributed by atoms with Crippen LogP contribution in [0.5, 0.6) is 0 Å². The van der Waals surface area contributed by atoms with E-state index in [1.54, 1.807) is 23.5 Å². The molecule has 0 unspecified atom stereocenters. The molecule has 1 amide bonds. The van der Waals surface area contributed by atoms with Gasteiger partial charge in [-0.05, 0) is 42.0 Å². The summed E-state index contributed by atoms with van der Waals surface area (Å²) in [6.45, 7) is 1.30. The van der Waals surface area contributed by atoms with Gasteiger partial charge in [0.15, 0.2) is 0 Å². The first kappa shape index (κ1) is 16.9. The fourth-order valence-corrected chi connectivity index (χ4v) is 3.84. The Balaban J connectivity index is 1.42. The lowest BCUT2D eigenvalue weighted by molar-refractivity contribution is -0.131. The standard InChI is InChI=1S/C19H18FN3O2S/c20-15-7-5-13(6-8-15)11-17(24)23-9-1-3-14(12-23)18-21-22-19(25-18)16-4-2-10-26-16/h2,4-8,10,14H,1,3,9,11-12H2/t14-/m0/s1. The molecule has 0 saturated carbocycles. The summed E-state index contributed by atoms with van der Waals surface area (Å²) in [5, 5.41) is 10.3. The summed E-state index contributed by atoms with van der Waals surface area (Å²) in [6.07, 6.45) is 2.10. The minimum absolute atomic E-state index is 0.0410. The first-order chi connectivity index (χ1) is 12.7. The molecule has 0 radical (unpaired) electrons. The van der Waals surface area contributed by atoms with Crippen LogP contribution in [0.2, 0.25) is 0 Å². The Bertz CT molecular complexity index is 877. The van der Waals surface area contributed by atoms with E-state index in [2.05, 4.69) is 10.2 Å². The Hall–Kier alpha value is -2.54. The molecule has 1 aliphatic rings. The van der Waals surface area contributed by atoms with E-state index >= 15 is 0 Å². The van der Waals surface area contributed by atoms with Crippen molar-refractivity contribution in [3.8, 4) is 10.8 Å². The number of amides is 1. The van der Waals surface area contributed by atoms with E-state index < -0.39 is 0 Å². The summed E-state index contributed by atoms with van der Waals surface area (Å²) in [4.78, 5) is 15.4. The van der Waals surface area contributed by atoms with E-state index in [1.807, 2.05) is 22.4 Å². The maximum atomic E-state index is 13.0. The predicted molar refractivity (Wildman–Crippen MR) is 96.3 cm³/mol. The lowest BCUT2D eigenvalue weighted by Gasteiger charge is -2.31. The van der Waals surface area contributed by atoms with Crippen molar-refractivity contribution in [2.45, 2.75) is 25.2 Å². The largest absolute Gasteiger partial charge is 0.420 e. The van der Waals surface area contributed by atoms with E-state index in [9.17, 15) is 9.18 Å². The molecular formula is C19H18FN3O2S. The number of thiophene rings is 1. The number of halogens is 1. The van der Waals surface area contributed by atoms with Gasteiger partial charge in [0.1, 0.15) is 5.82 Å². The van der Waals surface area contributed by atoms with Crippen molar-refractivity contribution in [2.75, 3.05) is 13.1 Å². The highest BCUT2D eigenvalue weighted by Gasteiger charge is 2.28. The molecule has 1 saturated heterocycles. The van der Waals surface area contributed by atoms with Crippen molar-refractivity contribution in [2.24, 2.45) is 0 Å². The van der Waals surface area contributed by atoms with E-state index in [-0.39, 0.29) is 24.1 Å². The third-order valence-corrected chi connectivity index (χ3v) is 5.42. The maximum absolute atomic E-state index is 13.0. The number of likely N-dealkylation sites (tertiary alicyclic amines) is 1. The summed E-state index contributed by atoms with van der Waals surface area (Å²) in [6, 6.07) is 9.96. The van der Waals surface area contributed by atoms with Gasteiger partial charge >= 0.3 is 0 Å². The molecule has 0 bridgehead atoms. The van der Waals surface area contributed by atoms with Crippen LogP contribution in [0.3, 0.4) is 0 Å². The van der Waals surface area contributed by atoms with Gasteiger partial charge in [0, 0.05) is 13.1 Å². The van der Waals surface area contributed by atoms with Crippen molar-refractivity contribution in [3.05, 3.63) is 59.0 Å². The van der Waals surface area contributed by atoms with Crippen LogP contribution in [0, 0.1) is 5.82 Å². The molecule has 7 heteroatoms. The molecule has 3 aromatic rings. The molecule has 1 atom stereocenters.